The Bertz CT molecular complexity index is 693. The molecule has 0 aromatic heterocycles. The van der Waals surface area contributed by atoms with Crippen LogP contribution < -0.4 is 14.2 Å². The lowest BCUT2D eigenvalue weighted by Crippen LogP contribution is -2.11. The molecule has 0 N–H and O–H groups in total. The molecule has 2 unspecified atom stereocenters. The maximum Gasteiger partial charge on any atom is 0.238 e. The second-order valence-electron chi connectivity index (χ2n) is 5.84. The number of fused-ring (bicyclic) bond motifs is 2. The Morgan fingerprint density at radius 2 is 1.81 bits per heavy atom. The van der Waals surface area contributed by atoms with Gasteiger partial charge in [0.2, 0.25) is 6.29 Å². The van der Waals surface area contributed by atoms with Gasteiger partial charge < -0.3 is 14.2 Å². The predicted molar refractivity (Wildman–Crippen MR) is 80.3 cm³/mol. The van der Waals surface area contributed by atoms with E-state index in [9.17, 15) is 0 Å². The Kier molecular flexibility index (Phi) is 2.81. The highest BCUT2D eigenvalue weighted by Gasteiger charge is 2.26. The van der Waals surface area contributed by atoms with Crippen LogP contribution in [0.1, 0.15) is 29.5 Å². The molecule has 0 radical (unpaired) electrons. The summed E-state index contributed by atoms with van der Waals surface area (Å²) in [5.74, 6) is 3.13. The summed E-state index contributed by atoms with van der Waals surface area (Å²) in [5.41, 5.74) is 3.86. The van der Waals surface area contributed by atoms with E-state index in [0.29, 0.717) is 5.92 Å². The average molecular weight is 282 g/mol. The fourth-order valence-corrected chi connectivity index (χ4v) is 3.10. The minimum Gasteiger partial charge on any atom is -0.493 e. The molecule has 2 aliphatic heterocycles. The summed E-state index contributed by atoms with van der Waals surface area (Å²) in [6.45, 7) is 4.78. The minimum absolute atomic E-state index is 0.187. The monoisotopic (exact) mass is 282 g/mol. The highest BCUT2D eigenvalue weighted by atomic mass is 16.7. The van der Waals surface area contributed by atoms with Crippen molar-refractivity contribution in [1.29, 1.82) is 0 Å². The van der Waals surface area contributed by atoms with Crippen LogP contribution in [0.5, 0.6) is 17.2 Å². The molecular weight excluding hydrogens is 264 g/mol. The van der Waals surface area contributed by atoms with Gasteiger partial charge >= 0.3 is 0 Å². The standard InChI is InChI=1S/C18H18O3/c1-11-3-5-16-15(7-11)14(10-19-16)8-13-4-6-17-18(9-13)21-12(2)20-17/h3-7,9,12,14H,8,10H2,1-2H3. The molecule has 3 nitrogen and oxygen atoms in total. The number of ether oxygens (including phenoxy) is 3. The van der Waals surface area contributed by atoms with Crippen molar-refractivity contribution in [2.75, 3.05) is 6.61 Å². The third-order valence-corrected chi connectivity index (χ3v) is 4.12. The van der Waals surface area contributed by atoms with Crippen molar-refractivity contribution in [2.45, 2.75) is 32.5 Å². The molecule has 21 heavy (non-hydrogen) atoms. The molecule has 0 aliphatic carbocycles. The van der Waals surface area contributed by atoms with Gasteiger partial charge in [0.05, 0.1) is 6.61 Å². The van der Waals surface area contributed by atoms with Gasteiger partial charge in [-0.2, -0.15) is 0 Å². The van der Waals surface area contributed by atoms with Gasteiger partial charge in [-0.05, 0) is 37.1 Å². The molecule has 0 fully saturated rings. The van der Waals surface area contributed by atoms with E-state index < -0.39 is 0 Å². The van der Waals surface area contributed by atoms with E-state index in [0.717, 1.165) is 30.3 Å². The Hall–Kier alpha value is -2.16. The van der Waals surface area contributed by atoms with Crippen LogP contribution in [0.2, 0.25) is 0 Å². The number of hydrogen-bond donors (Lipinski definition) is 0. The fraction of sp³-hybridized carbons (Fsp3) is 0.333. The first-order valence-electron chi connectivity index (χ1n) is 7.38. The van der Waals surface area contributed by atoms with Crippen LogP contribution in [0.3, 0.4) is 0 Å². The van der Waals surface area contributed by atoms with Crippen LogP contribution in [0.15, 0.2) is 36.4 Å². The van der Waals surface area contributed by atoms with Gasteiger partial charge in [0.25, 0.3) is 0 Å². The lowest BCUT2D eigenvalue weighted by Gasteiger charge is -2.10. The van der Waals surface area contributed by atoms with Gasteiger partial charge in [0.15, 0.2) is 11.5 Å². The van der Waals surface area contributed by atoms with Gasteiger partial charge in [-0.25, -0.2) is 0 Å². The van der Waals surface area contributed by atoms with E-state index in [-0.39, 0.29) is 6.29 Å². The molecule has 3 heteroatoms. The lowest BCUT2D eigenvalue weighted by atomic mass is 9.93. The summed E-state index contributed by atoms with van der Waals surface area (Å²) >= 11 is 0. The van der Waals surface area contributed by atoms with Crippen molar-refractivity contribution in [1.82, 2.24) is 0 Å². The van der Waals surface area contributed by atoms with Crippen LogP contribution in [0.25, 0.3) is 0 Å². The van der Waals surface area contributed by atoms with Crippen molar-refractivity contribution in [2.24, 2.45) is 0 Å². The minimum atomic E-state index is -0.187. The number of hydrogen-bond acceptors (Lipinski definition) is 3. The second-order valence-corrected chi connectivity index (χ2v) is 5.84. The van der Waals surface area contributed by atoms with Crippen LogP contribution in [-0.2, 0) is 6.42 Å². The Morgan fingerprint density at radius 1 is 1.00 bits per heavy atom. The van der Waals surface area contributed by atoms with Crippen molar-refractivity contribution in [3.63, 3.8) is 0 Å². The molecule has 4 rings (SSSR count). The molecule has 0 bridgehead atoms. The lowest BCUT2D eigenvalue weighted by molar-refractivity contribution is 0.0678. The third-order valence-electron chi connectivity index (χ3n) is 4.12. The highest BCUT2D eigenvalue weighted by Crippen LogP contribution is 2.39. The number of rotatable bonds is 2. The van der Waals surface area contributed by atoms with Crippen LogP contribution in [0.4, 0.5) is 0 Å². The summed E-state index contributed by atoms with van der Waals surface area (Å²) in [6.07, 6.45) is 0.773. The maximum atomic E-state index is 5.79. The van der Waals surface area contributed by atoms with E-state index in [2.05, 4.69) is 37.3 Å². The van der Waals surface area contributed by atoms with Crippen molar-refractivity contribution < 1.29 is 14.2 Å². The Labute approximate surface area is 124 Å². The Balaban J connectivity index is 1.59. The van der Waals surface area contributed by atoms with Gasteiger partial charge in [-0.3, -0.25) is 0 Å². The predicted octanol–water partition coefficient (Wildman–Crippen LogP) is 3.83. The molecule has 2 atom stereocenters. The van der Waals surface area contributed by atoms with Crippen molar-refractivity contribution >= 4 is 0 Å². The molecule has 2 heterocycles. The van der Waals surface area contributed by atoms with E-state index in [1.165, 1.54) is 16.7 Å². The van der Waals surface area contributed by atoms with Crippen LogP contribution in [0, 0.1) is 6.92 Å². The van der Waals surface area contributed by atoms with Gasteiger partial charge in [-0.15, -0.1) is 0 Å². The SMILES string of the molecule is Cc1ccc2c(c1)C(Cc1ccc3c(c1)OC(C)O3)CO2. The summed E-state index contributed by atoms with van der Waals surface area (Å²) < 4.78 is 17.0. The smallest absolute Gasteiger partial charge is 0.238 e. The average Bonchev–Trinajstić information content (AvgIpc) is 3.01. The first kappa shape index (κ1) is 12.6. The normalized spacial score (nSPS) is 22.0. The number of aryl methyl sites for hydroxylation is 1. The van der Waals surface area contributed by atoms with Crippen molar-refractivity contribution in [3.8, 4) is 17.2 Å². The summed E-state index contributed by atoms with van der Waals surface area (Å²) in [4.78, 5) is 0. The van der Waals surface area contributed by atoms with Crippen LogP contribution in [-0.4, -0.2) is 12.9 Å². The summed E-state index contributed by atoms with van der Waals surface area (Å²) in [7, 11) is 0. The van der Waals surface area contributed by atoms with Crippen molar-refractivity contribution in [3.05, 3.63) is 53.1 Å². The fourth-order valence-electron chi connectivity index (χ4n) is 3.10. The number of benzene rings is 2. The Morgan fingerprint density at radius 3 is 2.71 bits per heavy atom. The van der Waals surface area contributed by atoms with E-state index in [1.54, 1.807) is 0 Å². The molecule has 2 aromatic carbocycles. The first-order valence-corrected chi connectivity index (χ1v) is 7.38. The molecular formula is C18H18O3. The molecule has 0 saturated heterocycles. The topological polar surface area (TPSA) is 27.7 Å². The van der Waals surface area contributed by atoms with Gasteiger partial charge in [0.1, 0.15) is 5.75 Å². The first-order chi connectivity index (χ1) is 10.2. The zero-order valence-corrected chi connectivity index (χ0v) is 12.3. The van der Waals surface area contributed by atoms with Crippen LogP contribution >= 0.6 is 0 Å². The van der Waals surface area contributed by atoms with Gasteiger partial charge in [-0.1, -0.05) is 23.8 Å². The molecule has 2 aromatic rings. The summed E-state index contributed by atoms with van der Waals surface area (Å²) in [5, 5.41) is 0. The maximum absolute atomic E-state index is 5.79. The largest absolute Gasteiger partial charge is 0.493 e. The molecule has 0 saturated carbocycles. The quantitative estimate of drug-likeness (QED) is 0.838. The zero-order chi connectivity index (χ0) is 14.4. The summed E-state index contributed by atoms with van der Waals surface area (Å²) in [6, 6.07) is 12.6. The molecule has 0 spiro atoms. The zero-order valence-electron chi connectivity index (χ0n) is 12.3. The van der Waals surface area contributed by atoms with E-state index >= 15 is 0 Å². The third kappa shape index (κ3) is 2.23. The second kappa shape index (κ2) is 4.69. The molecule has 0 amide bonds. The van der Waals surface area contributed by atoms with E-state index in [1.807, 2.05) is 13.0 Å². The van der Waals surface area contributed by atoms with Gasteiger partial charge in [0, 0.05) is 18.4 Å². The van der Waals surface area contributed by atoms with E-state index in [4.69, 9.17) is 14.2 Å². The highest BCUT2D eigenvalue weighted by molar-refractivity contribution is 5.47. The molecule has 108 valence electrons. The molecule has 2 aliphatic rings.